The lowest BCUT2D eigenvalue weighted by Gasteiger charge is -2.34. The Morgan fingerprint density at radius 3 is 1.17 bits per heavy atom. The minimum absolute atomic E-state index is 0.00426. The molecule has 1 saturated heterocycles. The standard InChI is InChI=1S/C23H18F2N6O2S.C23H20N6OS.C22H15F3N6OS.C22H23F2N7O2S/c1-30-20(15(11-26-30)23-27-16(12-34-23)21(24)25)17(32)9-13-7-8-31-19(10-13)28-22(29-31)14-5-3-4-6-18(14)33-2;1-3-17-14-31-23(25-17)18-13-24-28(2)21(18)19(30)11-15-9-10-29-20(12-15)26-22(27-29)16-7-5-4-6-8-16;1-30-19(15(10-26-30)22-27-16(11-33-22)20(24)25)17(32)7-12-5-6-31-18(8-12)28-21(29-31)13-3-2-4-14(23)9-13;1-12-9-30(10-13(2)33-12)22-27-18-7-14(4-5-31(18)28-22)6-17(32)19-15(8-25-29(19)3)21-26-16(11-34-21)20(23)24/h3-8,10-12,21H,9H2,1-2H3;4-10,12-14H,3,11H2,1-2H3;2-6,8-11,20H,7H2,1H3;4-5,7-8,11-13,20H,6,9-10H2,1-3H3/t;;;12-,13+. The number of ether oxygens (including phenoxy) is 2. The number of alkyl halides is 6. The lowest BCUT2D eigenvalue weighted by Crippen LogP contribution is -2.46. The van der Waals surface area contributed by atoms with Crippen molar-refractivity contribution >= 4 is 97.0 Å². The van der Waals surface area contributed by atoms with Crippen molar-refractivity contribution in [2.45, 2.75) is 84.4 Å². The second kappa shape index (κ2) is 38.5. The fraction of sp³-hybridized carbons (Fsp3) is 0.222. The van der Waals surface area contributed by atoms with Gasteiger partial charge in [0.1, 0.15) is 71.5 Å². The van der Waals surface area contributed by atoms with Gasteiger partial charge < -0.3 is 14.4 Å². The largest absolute Gasteiger partial charge is 0.496 e. The summed E-state index contributed by atoms with van der Waals surface area (Å²) in [5.74, 6) is 1.79. The molecule has 0 radical (unpaired) electrons. The van der Waals surface area contributed by atoms with Crippen LogP contribution in [0.1, 0.15) is 127 Å². The summed E-state index contributed by atoms with van der Waals surface area (Å²) in [7, 11) is 8.28. The highest BCUT2D eigenvalue weighted by Gasteiger charge is 2.30. The number of aromatic nitrogens is 24. The van der Waals surface area contributed by atoms with Crippen molar-refractivity contribution in [2.75, 3.05) is 25.1 Å². The van der Waals surface area contributed by atoms with Crippen LogP contribution in [0.4, 0.5) is 36.7 Å². The van der Waals surface area contributed by atoms with Crippen LogP contribution in [0.3, 0.4) is 0 Å². The minimum Gasteiger partial charge on any atom is -0.496 e. The number of para-hydroxylation sites is 1. The van der Waals surface area contributed by atoms with E-state index in [2.05, 4.69) is 92.5 Å². The highest BCUT2D eigenvalue weighted by Crippen LogP contribution is 2.37. The predicted molar refractivity (Wildman–Crippen MR) is 481 cm³/mol. The van der Waals surface area contributed by atoms with Gasteiger partial charge in [-0.1, -0.05) is 61.5 Å². The Hall–Kier alpha value is -14.8. The van der Waals surface area contributed by atoms with Gasteiger partial charge in [0.2, 0.25) is 5.95 Å². The summed E-state index contributed by atoms with van der Waals surface area (Å²) in [6.07, 6.45) is 6.67. The van der Waals surface area contributed by atoms with Crippen LogP contribution in [0.25, 0.3) is 99.0 Å². The van der Waals surface area contributed by atoms with E-state index in [-0.39, 0.29) is 89.6 Å². The normalized spacial score (nSPS) is 13.3. The molecular weight excluding hydrogens is 1790 g/mol. The molecule has 132 heavy (non-hydrogen) atoms. The van der Waals surface area contributed by atoms with E-state index in [1.54, 1.807) is 131 Å². The van der Waals surface area contributed by atoms with E-state index in [0.717, 1.165) is 84.5 Å². The Morgan fingerprint density at radius 2 is 0.780 bits per heavy atom. The monoisotopic (exact) mass is 1860 g/mol. The Morgan fingerprint density at radius 1 is 0.417 bits per heavy atom. The van der Waals surface area contributed by atoms with Gasteiger partial charge >= 0.3 is 0 Å². The van der Waals surface area contributed by atoms with Crippen LogP contribution < -0.4 is 9.64 Å². The number of morpholine rings is 1. The molecule has 0 N–H and O–H groups in total. The molecule has 1 aliphatic rings. The van der Waals surface area contributed by atoms with Crippen molar-refractivity contribution in [1.82, 2.24) is 117 Å². The van der Waals surface area contributed by atoms with Gasteiger partial charge in [-0.15, -0.1) is 65.7 Å². The molecule has 0 unspecified atom stereocenters. The van der Waals surface area contributed by atoms with Gasteiger partial charge in [-0.25, -0.2) is 83.7 Å². The van der Waals surface area contributed by atoms with Crippen LogP contribution in [-0.4, -0.2) is 173 Å². The highest BCUT2D eigenvalue weighted by molar-refractivity contribution is 7.14. The number of anilines is 1. The summed E-state index contributed by atoms with van der Waals surface area (Å²) in [5, 5.41) is 42.4. The van der Waals surface area contributed by atoms with Gasteiger partial charge in [0, 0.05) is 124 Å². The number of fused-ring (bicyclic) bond motifs is 4. The molecule has 670 valence electrons. The first-order chi connectivity index (χ1) is 63.7. The molecule has 17 heterocycles. The molecule has 0 saturated carbocycles. The van der Waals surface area contributed by atoms with E-state index in [9.17, 15) is 49.9 Å². The molecule has 20 rings (SSSR count). The van der Waals surface area contributed by atoms with Gasteiger partial charge in [-0.2, -0.15) is 25.4 Å². The number of carbonyl (C=O) groups is 4. The number of pyridine rings is 4. The Bertz CT molecular complexity index is 7450. The Labute approximate surface area is 761 Å². The zero-order valence-electron chi connectivity index (χ0n) is 71.3. The van der Waals surface area contributed by atoms with Crippen LogP contribution in [0.2, 0.25) is 0 Å². The topological polar surface area (TPSA) is 334 Å². The lowest BCUT2D eigenvalue weighted by atomic mass is 10.1. The summed E-state index contributed by atoms with van der Waals surface area (Å²) < 4.78 is 115. The van der Waals surface area contributed by atoms with E-state index in [0.29, 0.717) is 125 Å². The van der Waals surface area contributed by atoms with Crippen molar-refractivity contribution in [3.63, 3.8) is 0 Å². The zero-order valence-corrected chi connectivity index (χ0v) is 74.6. The van der Waals surface area contributed by atoms with E-state index in [1.165, 1.54) is 60.9 Å². The number of methoxy groups -OCH3 is 1. The predicted octanol–water partition coefficient (Wildman–Crippen LogP) is 17.2. The van der Waals surface area contributed by atoms with Crippen molar-refractivity contribution in [3.8, 4) is 82.2 Å². The van der Waals surface area contributed by atoms with Crippen LogP contribution in [0.15, 0.2) is 198 Å². The quantitative estimate of drug-likeness (QED) is 0.0379. The van der Waals surface area contributed by atoms with Gasteiger partial charge in [0.25, 0.3) is 19.3 Å². The number of rotatable bonds is 25. The number of halogens is 7. The molecule has 42 heteroatoms. The van der Waals surface area contributed by atoms with Crippen molar-refractivity contribution in [2.24, 2.45) is 28.2 Å². The number of thiazole rings is 4. The Kier molecular flexibility index (Phi) is 26.0. The van der Waals surface area contributed by atoms with Crippen molar-refractivity contribution < 1.29 is 59.4 Å². The molecule has 1 fully saturated rings. The summed E-state index contributed by atoms with van der Waals surface area (Å²) in [5.41, 5.74) is 11.4. The summed E-state index contributed by atoms with van der Waals surface area (Å²) in [6, 6.07) is 37.8. The van der Waals surface area contributed by atoms with E-state index >= 15 is 0 Å². The molecule has 0 bridgehead atoms. The number of ketones is 4. The lowest BCUT2D eigenvalue weighted by molar-refractivity contribution is -0.00571. The summed E-state index contributed by atoms with van der Waals surface area (Å²) in [6.45, 7) is 7.53. The third-order valence-electron chi connectivity index (χ3n) is 21.1. The molecule has 0 spiro atoms. The van der Waals surface area contributed by atoms with Crippen LogP contribution in [0.5, 0.6) is 5.75 Å². The third kappa shape index (κ3) is 19.4. The first-order valence-electron chi connectivity index (χ1n) is 40.9. The Balaban J connectivity index is 0.000000123. The number of aryl methyl sites for hydroxylation is 5. The van der Waals surface area contributed by atoms with E-state index in [4.69, 9.17) is 9.47 Å². The average molecular weight is 1870 g/mol. The minimum atomic E-state index is -2.68. The number of hydrogen-bond acceptors (Lipinski definition) is 27. The van der Waals surface area contributed by atoms with Gasteiger partial charge in [-0.05, 0) is 115 Å². The van der Waals surface area contributed by atoms with E-state index in [1.807, 2.05) is 104 Å². The van der Waals surface area contributed by atoms with Crippen LogP contribution in [-0.2, 0) is 65.0 Å². The fourth-order valence-corrected chi connectivity index (χ4v) is 18.3. The maximum Gasteiger partial charge on any atom is 0.281 e. The van der Waals surface area contributed by atoms with Gasteiger partial charge in [-0.3, -0.25) is 37.9 Å². The molecule has 16 aromatic heterocycles. The third-order valence-corrected chi connectivity index (χ3v) is 24.7. The molecule has 1 aliphatic heterocycles. The first-order valence-corrected chi connectivity index (χ1v) is 44.4. The smallest absolute Gasteiger partial charge is 0.281 e. The van der Waals surface area contributed by atoms with Crippen LogP contribution >= 0.6 is 45.3 Å². The number of hydrogen-bond donors (Lipinski definition) is 0. The molecule has 2 atom stereocenters. The second-order valence-electron chi connectivity index (χ2n) is 30.5. The number of benzene rings is 3. The van der Waals surface area contributed by atoms with Crippen molar-refractivity contribution in [3.05, 3.63) is 272 Å². The first kappa shape index (κ1) is 89.2. The SMILES string of the molecule is CCc1csc(-c2cnn(C)c2C(=O)Cc2ccn3nc(-c4ccccc4)nc3c2)n1.COc1ccccc1-c1nc2cc(CC(=O)c3c(-c4nc(C(F)F)cs4)cnn3C)ccn2n1.C[C@@H]1CN(c2nc3cc(CC(=O)c4c(-c5nc(C(F)F)cs5)cnn4C)ccn3n2)C[C@H](C)O1.Cn1ncc(-c2nc(C(F)F)cs2)c1C(=O)Cc1ccn2nc(-c3cccc(F)c3)nc2c1. The number of nitrogens with zero attached hydrogens (tertiary/aromatic N) is 25. The second-order valence-corrected chi connectivity index (χ2v) is 33.9. The molecule has 19 aromatic rings. The molecule has 0 amide bonds. The van der Waals surface area contributed by atoms with Crippen LogP contribution in [0, 0.1) is 5.82 Å². The molecule has 0 aliphatic carbocycles. The number of Topliss-reactive ketones (excluding diaryl/α,β-unsaturated/α-hetero) is 4. The number of carbonyl (C=O) groups excluding carboxylic acids is 4. The van der Waals surface area contributed by atoms with Gasteiger partial charge in [0.15, 0.2) is 63.2 Å². The summed E-state index contributed by atoms with van der Waals surface area (Å²) >= 11 is 4.71. The highest BCUT2D eigenvalue weighted by atomic mass is 32.1. The molecule has 3 aromatic carbocycles. The maximum atomic E-state index is 13.5. The average Bonchev–Trinajstić information content (AvgIpc) is 1.66. The molecule has 31 nitrogen and oxygen atoms in total. The van der Waals surface area contributed by atoms with Gasteiger partial charge in [0.05, 0.1) is 77.6 Å². The van der Waals surface area contributed by atoms with Crippen molar-refractivity contribution in [1.29, 1.82) is 0 Å². The zero-order chi connectivity index (χ0) is 92.3. The fourth-order valence-electron chi connectivity index (χ4n) is 14.9. The summed E-state index contributed by atoms with van der Waals surface area (Å²) in [4.78, 5) is 89.6. The van der Waals surface area contributed by atoms with E-state index < -0.39 is 19.3 Å². The molecular formula is C90H76F7N25O6S4. The maximum absolute atomic E-state index is 13.5.